The third-order valence-corrected chi connectivity index (χ3v) is 3.88. The maximum atomic E-state index is 11.7. The average molecular weight is 319 g/mol. The Labute approximate surface area is 116 Å². The molecule has 0 bridgehead atoms. The van der Waals surface area contributed by atoms with E-state index in [1.165, 1.54) is 12.8 Å². The lowest BCUT2D eigenvalue weighted by molar-refractivity contribution is -0.116. The highest BCUT2D eigenvalue weighted by atomic mass is 79.9. The van der Waals surface area contributed by atoms with Crippen molar-refractivity contribution in [3.63, 3.8) is 0 Å². The lowest BCUT2D eigenvalue weighted by atomic mass is 10.1. The fraction of sp³-hybridized carbons (Fsp3) is 0.462. The minimum absolute atomic E-state index is 0.0454. The number of hydrogen-bond donors (Lipinski definition) is 1. The highest BCUT2D eigenvalue weighted by Crippen LogP contribution is 2.30. The maximum Gasteiger partial charge on any atom is 0.224 e. The Kier molecular flexibility index (Phi) is 6.60. The molecule has 4 heteroatoms. The van der Waals surface area contributed by atoms with Gasteiger partial charge in [-0.05, 0) is 34.5 Å². The third kappa shape index (κ3) is 5.09. The van der Waals surface area contributed by atoms with E-state index in [-0.39, 0.29) is 5.91 Å². The molecule has 17 heavy (non-hydrogen) atoms. The fourth-order valence-corrected chi connectivity index (χ4v) is 2.06. The Balaban J connectivity index is 2.43. The largest absolute Gasteiger partial charge is 0.325 e. The number of nitrogens with one attached hydrogen (secondary N) is 1. The lowest BCUT2D eigenvalue weighted by Gasteiger charge is -2.08. The van der Waals surface area contributed by atoms with Crippen LogP contribution in [0.4, 0.5) is 5.69 Å². The number of unbranched alkanes of at least 4 members (excludes halogenated alkanes) is 3. The number of carbonyl (C=O) groups excluding carboxylic acids is 1. The molecule has 0 radical (unpaired) electrons. The van der Waals surface area contributed by atoms with E-state index in [9.17, 15) is 4.79 Å². The quantitative estimate of drug-likeness (QED) is 0.734. The normalized spacial score (nSPS) is 10.3. The first-order valence-electron chi connectivity index (χ1n) is 5.89. The Morgan fingerprint density at radius 2 is 2.12 bits per heavy atom. The molecule has 1 aromatic carbocycles. The second-order valence-electron chi connectivity index (χ2n) is 3.96. The van der Waals surface area contributed by atoms with E-state index in [0.717, 1.165) is 23.0 Å². The van der Waals surface area contributed by atoms with Gasteiger partial charge in [0.1, 0.15) is 0 Å². The van der Waals surface area contributed by atoms with Gasteiger partial charge in [-0.2, -0.15) is 0 Å². The van der Waals surface area contributed by atoms with Gasteiger partial charge in [0.2, 0.25) is 5.91 Å². The summed E-state index contributed by atoms with van der Waals surface area (Å²) < 4.78 is 0.739. The molecule has 94 valence electrons. The molecule has 1 rings (SSSR count). The van der Waals surface area contributed by atoms with Crippen molar-refractivity contribution in [1.82, 2.24) is 0 Å². The zero-order valence-corrected chi connectivity index (χ0v) is 12.3. The van der Waals surface area contributed by atoms with Gasteiger partial charge >= 0.3 is 0 Å². The number of hydrogen-bond acceptors (Lipinski definition) is 1. The molecule has 0 saturated heterocycles. The molecular weight excluding hydrogens is 302 g/mol. The second-order valence-corrected chi connectivity index (χ2v) is 5.16. The summed E-state index contributed by atoms with van der Waals surface area (Å²) in [5.41, 5.74) is 0.734. The van der Waals surface area contributed by atoms with Crippen LogP contribution in [0.1, 0.15) is 39.0 Å². The molecule has 0 aliphatic rings. The number of amides is 1. The van der Waals surface area contributed by atoms with Crippen molar-refractivity contribution in [2.45, 2.75) is 39.0 Å². The van der Waals surface area contributed by atoms with Crippen LogP contribution < -0.4 is 5.32 Å². The summed E-state index contributed by atoms with van der Waals surface area (Å²) in [5, 5.41) is 3.46. The number of benzene rings is 1. The molecular formula is C13H17BrClNO. The van der Waals surface area contributed by atoms with E-state index in [0.29, 0.717) is 11.4 Å². The molecule has 0 atom stereocenters. The van der Waals surface area contributed by atoms with Gasteiger partial charge in [0.25, 0.3) is 0 Å². The van der Waals surface area contributed by atoms with E-state index in [4.69, 9.17) is 11.6 Å². The van der Waals surface area contributed by atoms with E-state index in [1.54, 1.807) is 6.07 Å². The third-order valence-electron chi connectivity index (χ3n) is 2.48. The van der Waals surface area contributed by atoms with Crippen molar-refractivity contribution in [3.05, 3.63) is 27.7 Å². The lowest BCUT2D eigenvalue weighted by Crippen LogP contribution is -2.11. The standard InChI is InChI=1S/C13H17BrClNO/c1-2-3-4-5-9-12(17)16-11-8-6-7-10(15)13(11)14/h6-8H,2-5,9H2,1H3,(H,16,17). The van der Waals surface area contributed by atoms with Crippen LogP contribution in [0.15, 0.2) is 22.7 Å². The highest BCUT2D eigenvalue weighted by molar-refractivity contribution is 9.10. The number of anilines is 1. The minimum atomic E-state index is 0.0454. The van der Waals surface area contributed by atoms with Crippen molar-refractivity contribution in [3.8, 4) is 0 Å². The highest BCUT2D eigenvalue weighted by Gasteiger charge is 2.07. The Morgan fingerprint density at radius 1 is 1.35 bits per heavy atom. The molecule has 1 amide bonds. The van der Waals surface area contributed by atoms with Crippen LogP contribution in [-0.4, -0.2) is 5.91 Å². The van der Waals surface area contributed by atoms with Gasteiger partial charge in [-0.3, -0.25) is 4.79 Å². The van der Waals surface area contributed by atoms with Gasteiger partial charge in [-0.15, -0.1) is 0 Å². The van der Waals surface area contributed by atoms with Crippen molar-refractivity contribution < 1.29 is 4.79 Å². The fourth-order valence-electron chi connectivity index (χ4n) is 1.53. The summed E-state index contributed by atoms with van der Waals surface area (Å²) in [6, 6.07) is 5.43. The molecule has 0 heterocycles. The summed E-state index contributed by atoms with van der Waals surface area (Å²) in [5.74, 6) is 0.0454. The van der Waals surface area contributed by atoms with Crippen LogP contribution in [-0.2, 0) is 4.79 Å². The Morgan fingerprint density at radius 3 is 2.82 bits per heavy atom. The summed E-state index contributed by atoms with van der Waals surface area (Å²) in [6.07, 6.45) is 4.99. The van der Waals surface area contributed by atoms with Crippen LogP contribution in [0.5, 0.6) is 0 Å². The molecule has 2 nitrogen and oxygen atoms in total. The summed E-state index contributed by atoms with van der Waals surface area (Å²) in [7, 11) is 0. The maximum absolute atomic E-state index is 11.7. The SMILES string of the molecule is CCCCCCC(=O)Nc1cccc(Cl)c1Br. The molecule has 1 aromatic rings. The van der Waals surface area contributed by atoms with Crippen molar-refractivity contribution in [2.24, 2.45) is 0 Å². The van der Waals surface area contributed by atoms with E-state index < -0.39 is 0 Å². The second kappa shape index (κ2) is 7.72. The average Bonchev–Trinajstić information content (AvgIpc) is 2.31. The first kappa shape index (κ1) is 14.5. The molecule has 0 spiro atoms. The molecule has 0 unspecified atom stereocenters. The Bertz CT molecular complexity index is 382. The first-order valence-corrected chi connectivity index (χ1v) is 7.06. The monoisotopic (exact) mass is 317 g/mol. The van der Waals surface area contributed by atoms with Crippen LogP contribution in [0.25, 0.3) is 0 Å². The van der Waals surface area contributed by atoms with Crippen LogP contribution >= 0.6 is 27.5 Å². The van der Waals surface area contributed by atoms with E-state index in [2.05, 4.69) is 28.2 Å². The van der Waals surface area contributed by atoms with Gasteiger partial charge in [0.05, 0.1) is 15.2 Å². The topological polar surface area (TPSA) is 29.1 Å². The predicted octanol–water partition coefficient (Wildman–Crippen LogP) is 5.01. The van der Waals surface area contributed by atoms with Gasteiger partial charge in [-0.1, -0.05) is 43.9 Å². The van der Waals surface area contributed by atoms with Crippen molar-refractivity contribution >= 4 is 39.1 Å². The summed E-state index contributed by atoms with van der Waals surface area (Å²) in [4.78, 5) is 11.7. The smallest absolute Gasteiger partial charge is 0.224 e. The summed E-state index contributed by atoms with van der Waals surface area (Å²) in [6.45, 7) is 2.16. The van der Waals surface area contributed by atoms with Crippen LogP contribution in [0.2, 0.25) is 5.02 Å². The van der Waals surface area contributed by atoms with Crippen molar-refractivity contribution in [1.29, 1.82) is 0 Å². The zero-order chi connectivity index (χ0) is 12.7. The molecule has 0 aliphatic heterocycles. The van der Waals surface area contributed by atoms with Crippen LogP contribution in [0, 0.1) is 0 Å². The number of carbonyl (C=O) groups is 1. The van der Waals surface area contributed by atoms with Gasteiger partial charge in [-0.25, -0.2) is 0 Å². The molecule has 0 aliphatic carbocycles. The van der Waals surface area contributed by atoms with Crippen molar-refractivity contribution in [2.75, 3.05) is 5.32 Å². The first-order chi connectivity index (χ1) is 8.15. The number of halogens is 2. The zero-order valence-electron chi connectivity index (χ0n) is 9.93. The van der Waals surface area contributed by atoms with E-state index in [1.807, 2.05) is 12.1 Å². The van der Waals surface area contributed by atoms with Gasteiger partial charge in [0.15, 0.2) is 0 Å². The van der Waals surface area contributed by atoms with E-state index >= 15 is 0 Å². The van der Waals surface area contributed by atoms with Gasteiger partial charge in [0, 0.05) is 6.42 Å². The molecule has 0 saturated carbocycles. The minimum Gasteiger partial charge on any atom is -0.325 e. The number of rotatable bonds is 6. The molecule has 0 fully saturated rings. The van der Waals surface area contributed by atoms with Crippen LogP contribution in [0.3, 0.4) is 0 Å². The Hall–Kier alpha value is -0.540. The summed E-state index contributed by atoms with van der Waals surface area (Å²) >= 11 is 9.30. The molecule has 1 N–H and O–H groups in total. The molecule has 0 aromatic heterocycles. The van der Waals surface area contributed by atoms with Gasteiger partial charge < -0.3 is 5.32 Å². The predicted molar refractivity (Wildman–Crippen MR) is 76.5 cm³/mol.